The first-order valence-electron chi connectivity index (χ1n) is 6.24. The molecule has 0 amide bonds. The predicted molar refractivity (Wildman–Crippen MR) is 80.5 cm³/mol. The maximum Gasteiger partial charge on any atom is 0.224 e. The Morgan fingerprint density at radius 3 is 2.70 bits per heavy atom. The molecule has 0 unspecified atom stereocenters. The summed E-state index contributed by atoms with van der Waals surface area (Å²) in [6.45, 7) is 4.13. The highest BCUT2D eigenvalue weighted by atomic mass is 35.5. The molecule has 2 heterocycles. The van der Waals surface area contributed by atoms with Crippen molar-refractivity contribution in [1.82, 2.24) is 19.7 Å². The van der Waals surface area contributed by atoms with E-state index in [1.165, 1.54) is 5.56 Å². The van der Waals surface area contributed by atoms with Crippen molar-refractivity contribution in [1.29, 1.82) is 0 Å². The second kappa shape index (κ2) is 4.76. The SMILES string of the molecule is Cc1ccc2nc(Cl)nc(Nc3cnn(C)c3)c2c1C. The first-order chi connectivity index (χ1) is 9.54. The molecule has 0 radical (unpaired) electrons. The van der Waals surface area contributed by atoms with E-state index in [-0.39, 0.29) is 5.28 Å². The molecule has 0 saturated heterocycles. The van der Waals surface area contributed by atoms with E-state index in [9.17, 15) is 0 Å². The van der Waals surface area contributed by atoms with Crippen LogP contribution in [-0.4, -0.2) is 19.7 Å². The fourth-order valence-corrected chi connectivity index (χ4v) is 2.35. The van der Waals surface area contributed by atoms with Crippen molar-refractivity contribution < 1.29 is 0 Å². The fourth-order valence-electron chi connectivity index (χ4n) is 2.18. The number of nitrogens with zero attached hydrogens (tertiary/aromatic N) is 4. The van der Waals surface area contributed by atoms with Gasteiger partial charge in [0.15, 0.2) is 0 Å². The smallest absolute Gasteiger partial charge is 0.224 e. The number of nitrogens with one attached hydrogen (secondary N) is 1. The number of aromatic nitrogens is 4. The van der Waals surface area contributed by atoms with Crippen LogP contribution >= 0.6 is 11.6 Å². The lowest BCUT2D eigenvalue weighted by Crippen LogP contribution is -1.99. The van der Waals surface area contributed by atoms with Gasteiger partial charge in [0.1, 0.15) is 5.82 Å². The molecule has 5 nitrogen and oxygen atoms in total. The molecular weight excluding hydrogens is 274 g/mol. The summed E-state index contributed by atoms with van der Waals surface area (Å²) in [4.78, 5) is 8.59. The molecule has 102 valence electrons. The number of aryl methyl sites for hydroxylation is 3. The van der Waals surface area contributed by atoms with Gasteiger partial charge >= 0.3 is 0 Å². The second-order valence-electron chi connectivity index (χ2n) is 4.77. The van der Waals surface area contributed by atoms with Gasteiger partial charge in [-0.1, -0.05) is 6.07 Å². The Bertz CT molecular complexity index is 794. The third kappa shape index (κ3) is 2.20. The molecule has 3 aromatic rings. The molecule has 0 aliphatic heterocycles. The fraction of sp³-hybridized carbons (Fsp3) is 0.214. The van der Waals surface area contributed by atoms with Gasteiger partial charge in [0, 0.05) is 18.6 Å². The van der Waals surface area contributed by atoms with Crippen LogP contribution in [0, 0.1) is 13.8 Å². The monoisotopic (exact) mass is 287 g/mol. The van der Waals surface area contributed by atoms with Crippen molar-refractivity contribution in [3.8, 4) is 0 Å². The lowest BCUT2D eigenvalue weighted by Gasteiger charge is -2.11. The van der Waals surface area contributed by atoms with E-state index in [4.69, 9.17) is 11.6 Å². The van der Waals surface area contributed by atoms with Crippen LogP contribution in [0.15, 0.2) is 24.5 Å². The van der Waals surface area contributed by atoms with Crippen molar-refractivity contribution in [2.45, 2.75) is 13.8 Å². The quantitative estimate of drug-likeness (QED) is 0.734. The summed E-state index contributed by atoms with van der Waals surface area (Å²) in [5.74, 6) is 0.703. The van der Waals surface area contributed by atoms with Gasteiger partial charge in [-0.25, -0.2) is 4.98 Å². The van der Waals surface area contributed by atoms with Crippen LogP contribution in [0.1, 0.15) is 11.1 Å². The Kier molecular flexibility index (Phi) is 3.06. The zero-order chi connectivity index (χ0) is 14.3. The molecule has 0 spiro atoms. The van der Waals surface area contributed by atoms with Crippen molar-refractivity contribution in [3.63, 3.8) is 0 Å². The average molecular weight is 288 g/mol. The zero-order valence-electron chi connectivity index (χ0n) is 11.5. The lowest BCUT2D eigenvalue weighted by atomic mass is 10.0. The van der Waals surface area contributed by atoms with E-state index in [0.717, 1.165) is 22.2 Å². The predicted octanol–water partition coefficient (Wildman–Crippen LogP) is 3.38. The van der Waals surface area contributed by atoms with Crippen molar-refractivity contribution in [3.05, 3.63) is 40.9 Å². The van der Waals surface area contributed by atoms with Gasteiger partial charge in [0.05, 0.1) is 17.4 Å². The summed E-state index contributed by atoms with van der Waals surface area (Å²) in [7, 11) is 1.87. The molecule has 0 atom stereocenters. The number of rotatable bonds is 2. The average Bonchev–Trinajstić information content (AvgIpc) is 2.79. The molecule has 6 heteroatoms. The molecule has 3 rings (SSSR count). The highest BCUT2D eigenvalue weighted by Crippen LogP contribution is 2.29. The second-order valence-corrected chi connectivity index (χ2v) is 5.11. The summed E-state index contributed by atoms with van der Waals surface area (Å²) in [6.07, 6.45) is 3.62. The molecule has 0 aliphatic carbocycles. The van der Waals surface area contributed by atoms with Crippen LogP contribution in [0.2, 0.25) is 5.28 Å². The van der Waals surface area contributed by atoms with Gasteiger partial charge in [0.2, 0.25) is 5.28 Å². The van der Waals surface area contributed by atoms with Crippen LogP contribution < -0.4 is 5.32 Å². The van der Waals surface area contributed by atoms with E-state index in [0.29, 0.717) is 5.82 Å². The van der Waals surface area contributed by atoms with Crippen LogP contribution in [0.25, 0.3) is 10.9 Å². The van der Waals surface area contributed by atoms with Gasteiger partial charge in [-0.2, -0.15) is 10.1 Å². The van der Waals surface area contributed by atoms with E-state index in [1.807, 2.05) is 25.4 Å². The minimum atomic E-state index is 0.229. The Morgan fingerprint density at radius 2 is 2.00 bits per heavy atom. The van der Waals surface area contributed by atoms with Crippen LogP contribution in [0.5, 0.6) is 0 Å². The maximum absolute atomic E-state index is 6.00. The maximum atomic E-state index is 6.00. The van der Waals surface area contributed by atoms with Gasteiger partial charge in [0.25, 0.3) is 0 Å². The number of halogens is 1. The Labute approximate surface area is 121 Å². The standard InChI is InChI=1S/C14H14ClN5/c1-8-4-5-11-12(9(8)2)13(19-14(15)18-11)17-10-6-16-20(3)7-10/h4-7H,1-3H3,(H,17,18,19). The Morgan fingerprint density at radius 1 is 1.20 bits per heavy atom. The highest BCUT2D eigenvalue weighted by Gasteiger charge is 2.11. The van der Waals surface area contributed by atoms with Crippen LogP contribution in [-0.2, 0) is 7.05 Å². The molecular formula is C14H14ClN5. The summed E-state index contributed by atoms with van der Waals surface area (Å²) >= 11 is 6.00. The molecule has 0 fully saturated rings. The molecule has 0 saturated carbocycles. The minimum absolute atomic E-state index is 0.229. The largest absolute Gasteiger partial charge is 0.337 e. The zero-order valence-corrected chi connectivity index (χ0v) is 12.2. The van der Waals surface area contributed by atoms with Gasteiger partial charge < -0.3 is 5.32 Å². The number of benzene rings is 1. The van der Waals surface area contributed by atoms with Crippen LogP contribution in [0.4, 0.5) is 11.5 Å². The number of hydrogen-bond donors (Lipinski definition) is 1. The number of fused-ring (bicyclic) bond motifs is 1. The van der Waals surface area contributed by atoms with Gasteiger partial charge in [-0.15, -0.1) is 0 Å². The third-order valence-corrected chi connectivity index (χ3v) is 3.50. The van der Waals surface area contributed by atoms with Crippen molar-refractivity contribution in [2.75, 3.05) is 5.32 Å². The first kappa shape index (κ1) is 12.9. The van der Waals surface area contributed by atoms with Gasteiger partial charge in [-0.3, -0.25) is 4.68 Å². The Hall–Kier alpha value is -2.14. The van der Waals surface area contributed by atoms with E-state index in [1.54, 1.807) is 10.9 Å². The number of hydrogen-bond acceptors (Lipinski definition) is 4. The summed E-state index contributed by atoms with van der Waals surface area (Å²) in [5.41, 5.74) is 4.03. The highest BCUT2D eigenvalue weighted by molar-refractivity contribution is 6.28. The molecule has 1 aromatic carbocycles. The Balaban J connectivity index is 2.20. The molecule has 1 N–H and O–H groups in total. The van der Waals surface area contributed by atoms with E-state index >= 15 is 0 Å². The summed E-state index contributed by atoms with van der Waals surface area (Å²) < 4.78 is 1.73. The van der Waals surface area contributed by atoms with Crippen molar-refractivity contribution >= 4 is 34.0 Å². The molecule has 0 aliphatic rings. The van der Waals surface area contributed by atoms with E-state index < -0.39 is 0 Å². The molecule has 20 heavy (non-hydrogen) atoms. The topological polar surface area (TPSA) is 55.6 Å². The van der Waals surface area contributed by atoms with E-state index in [2.05, 4.69) is 34.2 Å². The van der Waals surface area contributed by atoms with Crippen molar-refractivity contribution in [2.24, 2.45) is 7.05 Å². The van der Waals surface area contributed by atoms with Crippen LogP contribution in [0.3, 0.4) is 0 Å². The first-order valence-corrected chi connectivity index (χ1v) is 6.61. The lowest BCUT2D eigenvalue weighted by molar-refractivity contribution is 0.768. The molecule has 0 bridgehead atoms. The minimum Gasteiger partial charge on any atom is -0.337 e. The number of anilines is 2. The normalized spacial score (nSPS) is 11.0. The third-order valence-electron chi connectivity index (χ3n) is 3.34. The van der Waals surface area contributed by atoms with Gasteiger partial charge in [-0.05, 0) is 42.6 Å². The summed E-state index contributed by atoms with van der Waals surface area (Å²) in [5, 5.41) is 8.60. The molecule has 2 aromatic heterocycles. The summed E-state index contributed by atoms with van der Waals surface area (Å²) in [6, 6.07) is 3.99.